The Morgan fingerprint density at radius 1 is 0.420 bits per heavy atom. The minimum absolute atomic E-state index is 0.931. The smallest absolute Gasteiger partial charge is 0.0746 e. The van der Waals surface area contributed by atoms with Crippen LogP contribution in [0.5, 0.6) is 0 Å². The number of rotatable bonds is 5. The standard InChI is InChI=1S/C46H30N4/c1-5-13-31(14-6-1)37-28-42(48-41-25-26-47-30-40(37)41)33-21-23-43-38(27-33)36-22-24-44-39(46(36)50(43)35-19-11-4-12-20-35)29-45(32-15-7-2-8-16-32)49(44)34-17-9-3-10-18-34/h1-30H. The van der Waals surface area contributed by atoms with Crippen molar-refractivity contribution in [3.63, 3.8) is 0 Å². The minimum atomic E-state index is 0.931. The average molecular weight is 639 g/mol. The predicted octanol–water partition coefficient (Wildman–Crippen LogP) is 11.7. The van der Waals surface area contributed by atoms with Gasteiger partial charge in [-0.3, -0.25) is 4.98 Å². The van der Waals surface area contributed by atoms with Gasteiger partial charge in [0.2, 0.25) is 0 Å². The first-order chi connectivity index (χ1) is 24.8. The van der Waals surface area contributed by atoms with Gasteiger partial charge in [0.15, 0.2) is 0 Å². The predicted molar refractivity (Wildman–Crippen MR) is 207 cm³/mol. The second kappa shape index (κ2) is 11.4. The molecule has 0 saturated carbocycles. The van der Waals surface area contributed by atoms with Gasteiger partial charge >= 0.3 is 0 Å². The summed E-state index contributed by atoms with van der Waals surface area (Å²) in [6.07, 6.45) is 3.74. The summed E-state index contributed by atoms with van der Waals surface area (Å²) >= 11 is 0. The third kappa shape index (κ3) is 4.46. The molecular formula is C46H30N4. The van der Waals surface area contributed by atoms with Gasteiger partial charge in [0.1, 0.15) is 0 Å². The molecule has 0 aliphatic heterocycles. The Morgan fingerprint density at radius 2 is 1.04 bits per heavy atom. The fourth-order valence-electron chi connectivity index (χ4n) is 7.55. The highest BCUT2D eigenvalue weighted by Crippen LogP contribution is 2.42. The molecular weight excluding hydrogens is 609 g/mol. The van der Waals surface area contributed by atoms with Crippen molar-refractivity contribution in [2.75, 3.05) is 0 Å². The molecule has 4 heteroatoms. The molecule has 50 heavy (non-hydrogen) atoms. The van der Waals surface area contributed by atoms with E-state index in [2.05, 4.69) is 178 Å². The van der Waals surface area contributed by atoms with Gasteiger partial charge < -0.3 is 9.13 Å². The quantitative estimate of drug-likeness (QED) is 0.188. The molecule has 0 atom stereocenters. The van der Waals surface area contributed by atoms with Gasteiger partial charge in [-0.1, -0.05) is 109 Å². The van der Waals surface area contributed by atoms with E-state index in [1.807, 2.05) is 18.5 Å². The van der Waals surface area contributed by atoms with Gasteiger partial charge in [0.05, 0.1) is 33.5 Å². The molecule has 0 aliphatic carbocycles. The fraction of sp³-hybridized carbons (Fsp3) is 0. The number of hydrogen-bond acceptors (Lipinski definition) is 2. The maximum atomic E-state index is 5.17. The maximum absolute atomic E-state index is 5.17. The van der Waals surface area contributed by atoms with Gasteiger partial charge in [-0.2, -0.15) is 0 Å². The second-order valence-electron chi connectivity index (χ2n) is 12.7. The summed E-state index contributed by atoms with van der Waals surface area (Å²) in [5.74, 6) is 0. The number of fused-ring (bicyclic) bond motifs is 6. The molecule has 0 fully saturated rings. The fourth-order valence-corrected chi connectivity index (χ4v) is 7.55. The Labute approximate surface area is 289 Å². The molecule has 0 bridgehead atoms. The normalized spacial score (nSPS) is 11.6. The summed E-state index contributed by atoms with van der Waals surface area (Å²) in [5.41, 5.74) is 13.3. The van der Waals surface area contributed by atoms with Crippen molar-refractivity contribution >= 4 is 43.6 Å². The highest BCUT2D eigenvalue weighted by molar-refractivity contribution is 6.20. The molecule has 234 valence electrons. The zero-order valence-electron chi connectivity index (χ0n) is 27.1. The number of para-hydroxylation sites is 2. The Morgan fingerprint density at radius 3 is 1.76 bits per heavy atom. The molecule has 10 aromatic rings. The maximum Gasteiger partial charge on any atom is 0.0746 e. The summed E-state index contributed by atoms with van der Waals surface area (Å²) in [7, 11) is 0. The largest absolute Gasteiger partial charge is 0.309 e. The van der Waals surface area contributed by atoms with Crippen LogP contribution in [0.3, 0.4) is 0 Å². The van der Waals surface area contributed by atoms with E-state index in [-0.39, 0.29) is 0 Å². The van der Waals surface area contributed by atoms with Gasteiger partial charge in [-0.25, -0.2) is 4.98 Å². The third-order valence-corrected chi connectivity index (χ3v) is 9.80. The topological polar surface area (TPSA) is 35.6 Å². The summed E-state index contributed by atoms with van der Waals surface area (Å²) in [6.45, 7) is 0. The summed E-state index contributed by atoms with van der Waals surface area (Å²) in [6, 6.07) is 60.5. The Bertz CT molecular complexity index is 2840. The lowest BCUT2D eigenvalue weighted by molar-refractivity contribution is 1.13. The van der Waals surface area contributed by atoms with Crippen molar-refractivity contribution in [2.45, 2.75) is 0 Å². The van der Waals surface area contributed by atoms with E-state index in [0.717, 1.165) is 55.9 Å². The van der Waals surface area contributed by atoms with Crippen LogP contribution in [0.25, 0.3) is 88.6 Å². The molecule has 4 nitrogen and oxygen atoms in total. The van der Waals surface area contributed by atoms with E-state index >= 15 is 0 Å². The van der Waals surface area contributed by atoms with E-state index < -0.39 is 0 Å². The number of pyridine rings is 2. The van der Waals surface area contributed by atoms with Crippen molar-refractivity contribution in [3.8, 4) is 45.0 Å². The van der Waals surface area contributed by atoms with E-state index in [9.17, 15) is 0 Å². The number of benzene rings is 6. The van der Waals surface area contributed by atoms with E-state index in [0.29, 0.717) is 0 Å². The van der Waals surface area contributed by atoms with E-state index in [1.54, 1.807) is 0 Å². The molecule has 0 aliphatic rings. The Balaban J connectivity index is 1.28. The zero-order valence-corrected chi connectivity index (χ0v) is 27.1. The molecule has 0 amide bonds. The van der Waals surface area contributed by atoms with Crippen LogP contribution >= 0.6 is 0 Å². The Kier molecular flexibility index (Phi) is 6.46. The monoisotopic (exact) mass is 638 g/mol. The second-order valence-corrected chi connectivity index (χ2v) is 12.7. The number of nitrogens with zero attached hydrogens (tertiary/aromatic N) is 4. The lowest BCUT2D eigenvalue weighted by atomic mass is 9.98. The number of hydrogen-bond donors (Lipinski definition) is 0. The van der Waals surface area contributed by atoms with Crippen LogP contribution in [0.4, 0.5) is 0 Å². The molecule has 4 aromatic heterocycles. The van der Waals surface area contributed by atoms with Crippen molar-refractivity contribution in [2.24, 2.45) is 0 Å². The van der Waals surface area contributed by atoms with Crippen LogP contribution in [0.15, 0.2) is 182 Å². The first kappa shape index (κ1) is 28.3. The average Bonchev–Trinajstić information content (AvgIpc) is 3.75. The minimum Gasteiger partial charge on any atom is -0.309 e. The van der Waals surface area contributed by atoms with Crippen LogP contribution in [0.2, 0.25) is 0 Å². The molecule has 0 unspecified atom stereocenters. The van der Waals surface area contributed by atoms with Crippen LogP contribution < -0.4 is 0 Å². The molecule has 0 radical (unpaired) electrons. The van der Waals surface area contributed by atoms with Crippen molar-refractivity contribution < 1.29 is 0 Å². The van der Waals surface area contributed by atoms with Crippen LogP contribution in [0, 0.1) is 0 Å². The van der Waals surface area contributed by atoms with Crippen LogP contribution in [-0.4, -0.2) is 19.1 Å². The summed E-state index contributed by atoms with van der Waals surface area (Å²) in [5, 5.41) is 4.64. The van der Waals surface area contributed by atoms with Crippen molar-refractivity contribution in [1.82, 2.24) is 19.1 Å². The first-order valence-corrected chi connectivity index (χ1v) is 16.9. The zero-order chi connectivity index (χ0) is 33.0. The van der Waals surface area contributed by atoms with Gasteiger partial charge in [0.25, 0.3) is 0 Å². The van der Waals surface area contributed by atoms with Gasteiger partial charge in [-0.15, -0.1) is 0 Å². The third-order valence-electron chi connectivity index (χ3n) is 9.80. The molecule has 6 aromatic carbocycles. The van der Waals surface area contributed by atoms with Gasteiger partial charge in [-0.05, 0) is 77.4 Å². The first-order valence-electron chi connectivity index (χ1n) is 16.9. The lowest BCUT2D eigenvalue weighted by Gasteiger charge is -2.12. The molecule has 0 N–H and O–H groups in total. The highest BCUT2D eigenvalue weighted by atomic mass is 15.0. The van der Waals surface area contributed by atoms with Gasteiger partial charge in [0, 0.05) is 50.9 Å². The SMILES string of the molecule is c1ccc(-c2cc(-c3ccc4c(c3)c3ccc5c(cc(-c6ccccc6)n5-c5ccccc5)c3n4-c3ccccc3)nc3ccncc23)cc1. The van der Waals surface area contributed by atoms with E-state index in [4.69, 9.17) is 4.98 Å². The van der Waals surface area contributed by atoms with Crippen LogP contribution in [-0.2, 0) is 0 Å². The molecule has 0 saturated heterocycles. The molecule has 10 rings (SSSR count). The summed E-state index contributed by atoms with van der Waals surface area (Å²) in [4.78, 5) is 9.60. The van der Waals surface area contributed by atoms with Crippen molar-refractivity contribution in [1.29, 1.82) is 0 Å². The highest BCUT2D eigenvalue weighted by Gasteiger charge is 2.21. The lowest BCUT2D eigenvalue weighted by Crippen LogP contribution is -1.96. The van der Waals surface area contributed by atoms with Crippen LogP contribution in [0.1, 0.15) is 0 Å². The Hall–Kier alpha value is -6.78. The molecule has 0 spiro atoms. The summed E-state index contributed by atoms with van der Waals surface area (Å²) < 4.78 is 4.82. The number of aromatic nitrogens is 4. The molecule has 4 heterocycles. The van der Waals surface area contributed by atoms with E-state index in [1.165, 1.54) is 32.8 Å². The van der Waals surface area contributed by atoms with Crippen molar-refractivity contribution in [3.05, 3.63) is 182 Å².